The minimum atomic E-state index is 0.198. The number of rotatable bonds is 4. The number of nitrogens with zero attached hydrogens (tertiary/aromatic N) is 5. The van der Waals surface area contributed by atoms with Crippen LogP contribution in [0.4, 0.5) is 0 Å². The summed E-state index contributed by atoms with van der Waals surface area (Å²) in [6, 6.07) is 2.52. The van der Waals surface area contributed by atoms with E-state index in [1.54, 1.807) is 10.7 Å². The molecule has 2 aromatic heterocycles. The van der Waals surface area contributed by atoms with Gasteiger partial charge in [0, 0.05) is 30.9 Å². The lowest BCUT2D eigenvalue weighted by atomic mass is 9.94. The molecule has 2 aromatic rings. The van der Waals surface area contributed by atoms with Gasteiger partial charge in [-0.15, -0.1) is 0 Å². The molecule has 1 aliphatic rings. The van der Waals surface area contributed by atoms with E-state index in [-0.39, 0.29) is 5.91 Å². The lowest BCUT2D eigenvalue weighted by Gasteiger charge is -2.31. The molecule has 0 aromatic carbocycles. The fourth-order valence-electron chi connectivity index (χ4n) is 3.83. The SMILES string of the molecule is Cc1nc2c(C#N)cnn2c(C)c1CCC(=O)N(C)C1CCCCC1. The molecular weight excluding hydrogens is 314 g/mol. The molecule has 6 nitrogen and oxygen atoms in total. The molecule has 0 atom stereocenters. The summed E-state index contributed by atoms with van der Waals surface area (Å²) in [7, 11) is 1.94. The summed E-state index contributed by atoms with van der Waals surface area (Å²) >= 11 is 0. The summed E-state index contributed by atoms with van der Waals surface area (Å²) in [5, 5.41) is 13.4. The molecule has 0 bridgehead atoms. The molecule has 2 heterocycles. The molecule has 3 rings (SSSR count). The zero-order valence-corrected chi connectivity index (χ0v) is 15.2. The summed E-state index contributed by atoms with van der Waals surface area (Å²) in [6.07, 6.45) is 8.66. The normalized spacial score (nSPS) is 15.3. The summed E-state index contributed by atoms with van der Waals surface area (Å²) in [5.41, 5.74) is 3.94. The van der Waals surface area contributed by atoms with E-state index in [0.717, 1.165) is 29.8 Å². The van der Waals surface area contributed by atoms with Gasteiger partial charge in [0.25, 0.3) is 0 Å². The Bertz CT molecular complexity index is 826. The molecule has 1 amide bonds. The van der Waals surface area contributed by atoms with Crippen molar-refractivity contribution >= 4 is 11.6 Å². The van der Waals surface area contributed by atoms with Gasteiger partial charge in [0.15, 0.2) is 5.65 Å². The van der Waals surface area contributed by atoms with Gasteiger partial charge in [-0.2, -0.15) is 10.4 Å². The second-order valence-corrected chi connectivity index (χ2v) is 6.96. The van der Waals surface area contributed by atoms with Crippen molar-refractivity contribution in [3.63, 3.8) is 0 Å². The highest BCUT2D eigenvalue weighted by atomic mass is 16.2. The first-order valence-corrected chi connectivity index (χ1v) is 9.02. The van der Waals surface area contributed by atoms with Crippen molar-refractivity contribution in [2.24, 2.45) is 0 Å². The van der Waals surface area contributed by atoms with Crippen molar-refractivity contribution < 1.29 is 4.79 Å². The molecular formula is C19H25N5O. The zero-order chi connectivity index (χ0) is 18.0. The van der Waals surface area contributed by atoms with E-state index in [1.807, 2.05) is 25.8 Å². The third-order valence-electron chi connectivity index (χ3n) is 5.43. The molecule has 0 saturated heterocycles. The smallest absolute Gasteiger partial charge is 0.222 e. The summed E-state index contributed by atoms with van der Waals surface area (Å²) in [5.74, 6) is 0.198. The largest absolute Gasteiger partial charge is 0.343 e. The van der Waals surface area contributed by atoms with Gasteiger partial charge < -0.3 is 4.90 Å². The molecule has 0 unspecified atom stereocenters. The van der Waals surface area contributed by atoms with Crippen LogP contribution in [0, 0.1) is 25.2 Å². The van der Waals surface area contributed by atoms with Gasteiger partial charge in [0.05, 0.1) is 6.20 Å². The predicted octanol–water partition coefficient (Wildman–Crippen LogP) is 2.94. The fraction of sp³-hybridized carbons (Fsp3) is 0.579. The molecule has 132 valence electrons. The molecule has 6 heteroatoms. The molecule has 0 spiro atoms. The van der Waals surface area contributed by atoms with Crippen LogP contribution in [0.1, 0.15) is 61.0 Å². The Balaban J connectivity index is 1.74. The Morgan fingerprint density at radius 2 is 2.08 bits per heavy atom. The highest BCUT2D eigenvalue weighted by Gasteiger charge is 2.22. The van der Waals surface area contributed by atoms with E-state index in [1.165, 1.54) is 19.3 Å². The number of amides is 1. The number of fused-ring (bicyclic) bond motifs is 1. The van der Waals surface area contributed by atoms with Crippen LogP contribution < -0.4 is 0 Å². The number of aromatic nitrogens is 3. The van der Waals surface area contributed by atoms with E-state index in [2.05, 4.69) is 16.2 Å². The van der Waals surface area contributed by atoms with Crippen LogP contribution in [0.2, 0.25) is 0 Å². The van der Waals surface area contributed by atoms with Crippen LogP contribution in [0.3, 0.4) is 0 Å². The summed E-state index contributed by atoms with van der Waals surface area (Å²) in [4.78, 5) is 19.1. The van der Waals surface area contributed by atoms with Crippen LogP contribution >= 0.6 is 0 Å². The number of aryl methyl sites for hydroxylation is 2. The van der Waals surface area contributed by atoms with E-state index in [9.17, 15) is 4.79 Å². The summed E-state index contributed by atoms with van der Waals surface area (Å²) < 4.78 is 1.70. The van der Waals surface area contributed by atoms with E-state index < -0.39 is 0 Å². The topological polar surface area (TPSA) is 74.3 Å². The van der Waals surface area contributed by atoms with Crippen molar-refractivity contribution in [1.29, 1.82) is 5.26 Å². The second-order valence-electron chi connectivity index (χ2n) is 6.96. The van der Waals surface area contributed by atoms with Crippen molar-refractivity contribution in [1.82, 2.24) is 19.5 Å². The maximum Gasteiger partial charge on any atom is 0.222 e. The third-order valence-corrected chi connectivity index (χ3v) is 5.43. The number of carbonyl (C=O) groups excluding carboxylic acids is 1. The number of hydrogen-bond donors (Lipinski definition) is 0. The van der Waals surface area contributed by atoms with Crippen molar-refractivity contribution in [3.05, 3.63) is 28.7 Å². The van der Waals surface area contributed by atoms with Gasteiger partial charge in [-0.3, -0.25) is 4.79 Å². The first kappa shape index (κ1) is 17.4. The number of hydrogen-bond acceptors (Lipinski definition) is 4. The Hall–Kier alpha value is -2.42. The number of nitriles is 1. The maximum absolute atomic E-state index is 12.6. The Kier molecular flexibility index (Phi) is 5.03. The van der Waals surface area contributed by atoms with Gasteiger partial charge in [-0.05, 0) is 38.7 Å². The van der Waals surface area contributed by atoms with Gasteiger partial charge in [0.2, 0.25) is 5.91 Å². The Morgan fingerprint density at radius 1 is 1.36 bits per heavy atom. The average molecular weight is 339 g/mol. The van der Waals surface area contributed by atoms with Crippen LogP contribution in [-0.2, 0) is 11.2 Å². The highest BCUT2D eigenvalue weighted by Crippen LogP contribution is 2.23. The molecule has 0 radical (unpaired) electrons. The first-order chi connectivity index (χ1) is 12.0. The lowest BCUT2D eigenvalue weighted by Crippen LogP contribution is -2.38. The van der Waals surface area contributed by atoms with Crippen LogP contribution in [0.5, 0.6) is 0 Å². The number of carbonyl (C=O) groups is 1. The zero-order valence-electron chi connectivity index (χ0n) is 15.2. The standard InChI is InChI=1S/C19H25N5O/c1-13-17(14(2)24-19(22-13)15(11-20)12-21-24)9-10-18(25)23(3)16-7-5-4-6-8-16/h12,16H,4-10H2,1-3H3. The molecule has 1 aliphatic carbocycles. The van der Waals surface area contributed by atoms with Crippen LogP contribution in [-0.4, -0.2) is 38.5 Å². The van der Waals surface area contributed by atoms with E-state index in [4.69, 9.17) is 5.26 Å². The van der Waals surface area contributed by atoms with Crippen molar-refractivity contribution in [2.75, 3.05) is 7.05 Å². The van der Waals surface area contributed by atoms with Crippen molar-refractivity contribution in [3.8, 4) is 6.07 Å². The van der Waals surface area contributed by atoms with Gasteiger partial charge in [-0.25, -0.2) is 9.50 Å². The van der Waals surface area contributed by atoms with Crippen LogP contribution in [0.25, 0.3) is 5.65 Å². The molecule has 1 saturated carbocycles. The predicted molar refractivity (Wildman–Crippen MR) is 95.1 cm³/mol. The Morgan fingerprint density at radius 3 is 2.76 bits per heavy atom. The second kappa shape index (κ2) is 7.22. The third kappa shape index (κ3) is 3.37. The molecule has 25 heavy (non-hydrogen) atoms. The highest BCUT2D eigenvalue weighted by molar-refractivity contribution is 5.76. The molecule has 0 aliphatic heterocycles. The van der Waals surface area contributed by atoms with Gasteiger partial charge >= 0.3 is 0 Å². The minimum Gasteiger partial charge on any atom is -0.343 e. The summed E-state index contributed by atoms with van der Waals surface area (Å²) in [6.45, 7) is 3.91. The molecule has 1 fully saturated rings. The van der Waals surface area contributed by atoms with Crippen LogP contribution in [0.15, 0.2) is 6.20 Å². The van der Waals surface area contributed by atoms with E-state index in [0.29, 0.717) is 30.1 Å². The first-order valence-electron chi connectivity index (χ1n) is 9.02. The maximum atomic E-state index is 12.6. The Labute approximate surface area is 148 Å². The fourth-order valence-corrected chi connectivity index (χ4v) is 3.83. The minimum absolute atomic E-state index is 0.198. The van der Waals surface area contributed by atoms with Crippen molar-refractivity contribution in [2.45, 2.75) is 64.8 Å². The quantitative estimate of drug-likeness (QED) is 0.858. The van der Waals surface area contributed by atoms with Gasteiger partial charge in [0.1, 0.15) is 11.6 Å². The molecule has 0 N–H and O–H groups in total. The average Bonchev–Trinajstić information content (AvgIpc) is 3.04. The lowest BCUT2D eigenvalue weighted by molar-refractivity contribution is -0.132. The monoisotopic (exact) mass is 339 g/mol. The van der Waals surface area contributed by atoms with E-state index >= 15 is 0 Å². The van der Waals surface area contributed by atoms with Gasteiger partial charge in [-0.1, -0.05) is 19.3 Å².